The molecule has 0 aliphatic rings. The minimum atomic E-state index is -0.396. The number of hydrogen-bond donors (Lipinski definition) is 3. The number of unbranched alkanes of at least 4 members (excludes halogenated alkanes) is 16. The molecule has 0 spiro atoms. The fourth-order valence-corrected chi connectivity index (χ4v) is 4.47. The van der Waals surface area contributed by atoms with Crippen molar-refractivity contribution in [2.24, 2.45) is 0 Å². The van der Waals surface area contributed by atoms with Gasteiger partial charge in [0.1, 0.15) is 0 Å². The Morgan fingerprint density at radius 1 is 0.548 bits per heavy atom. The number of aliphatic hydroxyl groups is 2. The van der Waals surface area contributed by atoms with Gasteiger partial charge < -0.3 is 16.4 Å². The standard InChI is InChI=1S/C27H53ClO2.H3N/c1-2-3-4-5-6-7-8-9-10-11-12-13-14-15-16-17-18-19-20-21-22-27(28,23-25-29)24-26-30;/h9-10,29-30H,2-8,11-26H2,1H3;1H3/b10-9-;. The third-order valence-corrected chi connectivity index (χ3v) is 6.82. The quantitative estimate of drug-likeness (QED) is 0.0762. The van der Waals surface area contributed by atoms with E-state index < -0.39 is 4.87 Å². The van der Waals surface area contributed by atoms with Gasteiger partial charge in [-0.2, -0.15) is 0 Å². The Morgan fingerprint density at radius 3 is 1.29 bits per heavy atom. The fraction of sp³-hybridized carbons (Fsp3) is 0.926. The Morgan fingerprint density at radius 2 is 0.903 bits per heavy atom. The summed E-state index contributed by atoms with van der Waals surface area (Å²) in [6.07, 6.45) is 31.0. The molecule has 0 aromatic rings. The zero-order chi connectivity index (χ0) is 22.2. The van der Waals surface area contributed by atoms with Gasteiger partial charge in [0, 0.05) is 18.1 Å². The summed E-state index contributed by atoms with van der Waals surface area (Å²) in [4.78, 5) is -0.396. The van der Waals surface area contributed by atoms with Crippen LogP contribution in [-0.4, -0.2) is 28.3 Å². The molecule has 0 heterocycles. The van der Waals surface area contributed by atoms with Gasteiger partial charge in [-0.25, -0.2) is 0 Å². The van der Waals surface area contributed by atoms with E-state index in [-0.39, 0.29) is 19.4 Å². The highest BCUT2D eigenvalue weighted by Crippen LogP contribution is 2.30. The summed E-state index contributed by atoms with van der Waals surface area (Å²) in [5.74, 6) is 0. The van der Waals surface area contributed by atoms with Crippen molar-refractivity contribution in [1.82, 2.24) is 6.15 Å². The summed E-state index contributed by atoms with van der Waals surface area (Å²) in [5.41, 5.74) is 0. The molecule has 0 unspecified atom stereocenters. The van der Waals surface area contributed by atoms with E-state index in [0.29, 0.717) is 12.8 Å². The lowest BCUT2D eigenvalue weighted by atomic mass is 9.93. The Kier molecular flexibility index (Phi) is 27.9. The molecular formula is C27H56ClNO2. The lowest BCUT2D eigenvalue weighted by Crippen LogP contribution is -2.24. The molecule has 31 heavy (non-hydrogen) atoms. The van der Waals surface area contributed by atoms with Gasteiger partial charge in [0.2, 0.25) is 0 Å². The molecular weight excluding hydrogens is 406 g/mol. The van der Waals surface area contributed by atoms with Crippen LogP contribution in [0.1, 0.15) is 142 Å². The van der Waals surface area contributed by atoms with Gasteiger partial charge in [-0.1, -0.05) is 109 Å². The van der Waals surface area contributed by atoms with Gasteiger partial charge in [0.25, 0.3) is 0 Å². The Labute approximate surface area is 200 Å². The van der Waals surface area contributed by atoms with E-state index in [4.69, 9.17) is 21.8 Å². The maximum absolute atomic E-state index is 9.12. The van der Waals surface area contributed by atoms with E-state index in [1.54, 1.807) is 0 Å². The van der Waals surface area contributed by atoms with Gasteiger partial charge >= 0.3 is 0 Å². The van der Waals surface area contributed by atoms with Crippen LogP contribution in [0, 0.1) is 0 Å². The topological polar surface area (TPSA) is 75.5 Å². The van der Waals surface area contributed by atoms with E-state index in [2.05, 4.69) is 19.1 Å². The van der Waals surface area contributed by atoms with Crippen LogP contribution in [-0.2, 0) is 0 Å². The molecule has 188 valence electrons. The molecule has 0 saturated heterocycles. The summed E-state index contributed by atoms with van der Waals surface area (Å²) in [6.45, 7) is 2.50. The minimum Gasteiger partial charge on any atom is -0.396 e. The van der Waals surface area contributed by atoms with Crippen LogP contribution in [0.25, 0.3) is 0 Å². The van der Waals surface area contributed by atoms with E-state index in [1.807, 2.05) is 0 Å². The normalized spacial score (nSPS) is 11.9. The Hall–Kier alpha value is -0.0900. The van der Waals surface area contributed by atoms with Gasteiger partial charge in [-0.15, -0.1) is 11.6 Å². The maximum Gasteiger partial charge on any atom is 0.0490 e. The molecule has 4 heteroatoms. The van der Waals surface area contributed by atoms with Gasteiger partial charge in [0.05, 0.1) is 0 Å². The first kappa shape index (κ1) is 33.1. The number of allylic oxidation sites excluding steroid dienone is 2. The molecule has 0 fully saturated rings. The third-order valence-electron chi connectivity index (χ3n) is 6.26. The summed E-state index contributed by atoms with van der Waals surface area (Å²) < 4.78 is 0. The zero-order valence-electron chi connectivity index (χ0n) is 20.9. The highest BCUT2D eigenvalue weighted by Gasteiger charge is 2.25. The van der Waals surface area contributed by atoms with E-state index >= 15 is 0 Å². The highest BCUT2D eigenvalue weighted by molar-refractivity contribution is 6.23. The van der Waals surface area contributed by atoms with Crippen LogP contribution in [0.2, 0.25) is 0 Å². The van der Waals surface area contributed by atoms with Crippen molar-refractivity contribution < 1.29 is 10.2 Å². The average Bonchev–Trinajstić information content (AvgIpc) is 2.72. The van der Waals surface area contributed by atoms with Crippen LogP contribution in [0.3, 0.4) is 0 Å². The molecule has 0 radical (unpaired) electrons. The summed E-state index contributed by atoms with van der Waals surface area (Å²) in [6, 6.07) is 0. The van der Waals surface area contributed by atoms with Crippen molar-refractivity contribution in [2.45, 2.75) is 147 Å². The zero-order valence-corrected chi connectivity index (χ0v) is 21.7. The lowest BCUT2D eigenvalue weighted by Gasteiger charge is -2.25. The van der Waals surface area contributed by atoms with Crippen molar-refractivity contribution in [2.75, 3.05) is 13.2 Å². The summed E-state index contributed by atoms with van der Waals surface area (Å²) >= 11 is 6.50. The van der Waals surface area contributed by atoms with Crippen LogP contribution in [0.15, 0.2) is 12.2 Å². The fourth-order valence-electron chi connectivity index (χ4n) is 4.17. The summed E-state index contributed by atoms with van der Waals surface area (Å²) in [5, 5.41) is 18.2. The van der Waals surface area contributed by atoms with Crippen LogP contribution < -0.4 is 6.15 Å². The first-order chi connectivity index (χ1) is 14.7. The second-order valence-corrected chi connectivity index (χ2v) is 10.0. The van der Waals surface area contributed by atoms with Gasteiger partial charge in [-0.3, -0.25) is 0 Å². The molecule has 0 rings (SSSR count). The van der Waals surface area contributed by atoms with Crippen LogP contribution in [0.5, 0.6) is 0 Å². The number of aliphatic hydroxyl groups excluding tert-OH is 2. The molecule has 5 N–H and O–H groups in total. The maximum atomic E-state index is 9.12. The van der Waals surface area contributed by atoms with E-state index in [9.17, 15) is 0 Å². The van der Waals surface area contributed by atoms with Gasteiger partial charge in [-0.05, 0) is 44.9 Å². The van der Waals surface area contributed by atoms with Crippen molar-refractivity contribution in [3.8, 4) is 0 Å². The van der Waals surface area contributed by atoms with Crippen molar-refractivity contribution in [3.63, 3.8) is 0 Å². The van der Waals surface area contributed by atoms with Crippen molar-refractivity contribution in [3.05, 3.63) is 12.2 Å². The molecule has 0 atom stereocenters. The molecule has 0 aromatic heterocycles. The number of rotatable bonds is 24. The lowest BCUT2D eigenvalue weighted by molar-refractivity contribution is 0.220. The SMILES string of the molecule is CCCCCCCC/C=C\CCCCCCCCCCCCC(Cl)(CCO)CCO.N. The largest absolute Gasteiger partial charge is 0.396 e. The van der Waals surface area contributed by atoms with Crippen molar-refractivity contribution >= 4 is 11.6 Å². The second-order valence-electron chi connectivity index (χ2n) is 9.20. The third kappa shape index (κ3) is 24.4. The molecule has 0 aliphatic heterocycles. The molecule has 0 amide bonds. The van der Waals surface area contributed by atoms with E-state index in [1.165, 1.54) is 109 Å². The predicted molar refractivity (Wildman–Crippen MR) is 140 cm³/mol. The number of hydrogen-bond acceptors (Lipinski definition) is 3. The molecule has 3 nitrogen and oxygen atoms in total. The minimum absolute atomic E-state index is 0. The number of alkyl halides is 1. The van der Waals surface area contributed by atoms with Crippen LogP contribution >= 0.6 is 11.6 Å². The smallest absolute Gasteiger partial charge is 0.0490 e. The first-order valence-electron chi connectivity index (χ1n) is 13.2. The monoisotopic (exact) mass is 461 g/mol. The number of halogens is 1. The van der Waals surface area contributed by atoms with E-state index in [0.717, 1.165) is 12.8 Å². The average molecular weight is 462 g/mol. The predicted octanol–water partition coefficient (Wildman–Crippen LogP) is 8.88. The summed E-state index contributed by atoms with van der Waals surface area (Å²) in [7, 11) is 0. The molecule has 0 saturated carbocycles. The van der Waals surface area contributed by atoms with Crippen molar-refractivity contribution in [1.29, 1.82) is 0 Å². The van der Waals surface area contributed by atoms with Gasteiger partial charge in [0.15, 0.2) is 0 Å². The molecule has 0 aliphatic carbocycles. The Balaban J connectivity index is 0. The molecule has 0 aromatic carbocycles. The Bertz CT molecular complexity index is 357. The first-order valence-corrected chi connectivity index (χ1v) is 13.6. The van der Waals surface area contributed by atoms with Crippen LogP contribution in [0.4, 0.5) is 0 Å². The second kappa shape index (κ2) is 26.2. The highest BCUT2D eigenvalue weighted by atomic mass is 35.5. The molecule has 0 bridgehead atoms.